The van der Waals surface area contributed by atoms with E-state index in [-0.39, 0.29) is 0 Å². The van der Waals surface area contributed by atoms with Crippen LogP contribution in [0.5, 0.6) is 0 Å². The molecule has 0 N–H and O–H groups in total. The number of hydrogen-bond donors (Lipinski definition) is 0. The number of aryl methyl sites for hydroxylation is 3. The topological polar surface area (TPSA) is 17.1 Å². The molecule has 0 aliphatic carbocycles. The molecular weight excluding hydrogens is 208 g/mol. The smallest absolute Gasteiger partial charge is 0.133 e. The number of benzene rings is 1. The van der Waals surface area contributed by atoms with E-state index >= 15 is 0 Å². The van der Waals surface area contributed by atoms with E-state index in [4.69, 9.17) is 0 Å². The van der Waals surface area contributed by atoms with Crippen LogP contribution in [0.15, 0.2) is 18.2 Å². The molecular formula is C16H24O. The van der Waals surface area contributed by atoms with Crippen LogP contribution in [0.4, 0.5) is 0 Å². The standard InChI is InChI=1S/C16H24O/c1-4-5-6-7-16(17)11-10-15-9-8-13(2)14(3)12-15/h8-9,12H,4-7,10-11H2,1-3H3. The van der Waals surface area contributed by atoms with E-state index in [1.165, 1.54) is 29.5 Å². The van der Waals surface area contributed by atoms with Crippen molar-refractivity contribution in [2.75, 3.05) is 0 Å². The summed E-state index contributed by atoms with van der Waals surface area (Å²) in [6, 6.07) is 6.49. The number of unbranched alkanes of at least 4 members (excludes halogenated alkanes) is 2. The molecule has 0 saturated carbocycles. The zero-order valence-corrected chi connectivity index (χ0v) is 11.4. The average molecular weight is 232 g/mol. The number of Topliss-reactive ketones (excluding diaryl/α,β-unsaturated/α-hetero) is 1. The zero-order chi connectivity index (χ0) is 12.7. The molecule has 0 heterocycles. The van der Waals surface area contributed by atoms with Crippen molar-refractivity contribution in [1.82, 2.24) is 0 Å². The Bertz CT molecular complexity index is 366. The highest BCUT2D eigenvalue weighted by molar-refractivity contribution is 5.78. The molecule has 0 aromatic heterocycles. The molecule has 17 heavy (non-hydrogen) atoms. The van der Waals surface area contributed by atoms with Crippen LogP contribution < -0.4 is 0 Å². The van der Waals surface area contributed by atoms with Crippen LogP contribution in [0.3, 0.4) is 0 Å². The number of rotatable bonds is 7. The molecule has 0 unspecified atom stereocenters. The Kier molecular flexibility index (Phi) is 5.96. The lowest BCUT2D eigenvalue weighted by atomic mass is 10.0. The van der Waals surface area contributed by atoms with Gasteiger partial charge in [0.25, 0.3) is 0 Å². The lowest BCUT2D eigenvalue weighted by Crippen LogP contribution is -2.00. The Morgan fingerprint density at radius 2 is 1.82 bits per heavy atom. The predicted molar refractivity (Wildman–Crippen MR) is 73.4 cm³/mol. The lowest BCUT2D eigenvalue weighted by molar-refractivity contribution is -0.119. The van der Waals surface area contributed by atoms with Gasteiger partial charge in [-0.05, 0) is 43.4 Å². The van der Waals surface area contributed by atoms with E-state index < -0.39 is 0 Å². The first-order valence-electron chi connectivity index (χ1n) is 6.71. The highest BCUT2D eigenvalue weighted by Gasteiger charge is 2.03. The summed E-state index contributed by atoms with van der Waals surface area (Å²) in [4.78, 5) is 11.6. The summed E-state index contributed by atoms with van der Waals surface area (Å²) in [5.74, 6) is 0.414. The summed E-state index contributed by atoms with van der Waals surface area (Å²) in [6.45, 7) is 6.41. The molecule has 0 amide bonds. The predicted octanol–water partition coefficient (Wildman–Crippen LogP) is 4.39. The van der Waals surface area contributed by atoms with Gasteiger partial charge in [-0.15, -0.1) is 0 Å². The molecule has 1 aromatic rings. The number of hydrogen-bond acceptors (Lipinski definition) is 1. The molecule has 0 aliphatic heterocycles. The Balaban J connectivity index is 2.34. The highest BCUT2D eigenvalue weighted by Crippen LogP contribution is 2.12. The number of carbonyl (C=O) groups is 1. The maximum absolute atomic E-state index is 11.6. The monoisotopic (exact) mass is 232 g/mol. The van der Waals surface area contributed by atoms with E-state index in [0.29, 0.717) is 12.2 Å². The van der Waals surface area contributed by atoms with Crippen molar-refractivity contribution in [2.24, 2.45) is 0 Å². The Morgan fingerprint density at radius 1 is 1.06 bits per heavy atom. The SMILES string of the molecule is CCCCCC(=O)CCc1ccc(C)c(C)c1. The molecule has 0 saturated heterocycles. The normalized spacial score (nSPS) is 10.5. The summed E-state index contributed by atoms with van der Waals surface area (Å²) >= 11 is 0. The number of ketones is 1. The third kappa shape index (κ3) is 5.16. The first-order valence-corrected chi connectivity index (χ1v) is 6.71. The van der Waals surface area contributed by atoms with Crippen LogP contribution in [-0.4, -0.2) is 5.78 Å². The van der Waals surface area contributed by atoms with Gasteiger partial charge in [0.05, 0.1) is 0 Å². The van der Waals surface area contributed by atoms with Crippen LogP contribution in [0, 0.1) is 13.8 Å². The van der Waals surface area contributed by atoms with Crippen molar-refractivity contribution in [1.29, 1.82) is 0 Å². The Hall–Kier alpha value is -1.11. The van der Waals surface area contributed by atoms with Crippen LogP contribution in [0.2, 0.25) is 0 Å². The van der Waals surface area contributed by atoms with Crippen LogP contribution >= 0.6 is 0 Å². The minimum atomic E-state index is 0.414. The van der Waals surface area contributed by atoms with E-state index in [1.807, 2.05) is 0 Å². The third-order valence-corrected chi connectivity index (χ3v) is 3.32. The third-order valence-electron chi connectivity index (χ3n) is 3.32. The van der Waals surface area contributed by atoms with Crippen LogP contribution in [-0.2, 0) is 11.2 Å². The second-order valence-electron chi connectivity index (χ2n) is 4.91. The van der Waals surface area contributed by atoms with Crippen molar-refractivity contribution < 1.29 is 4.79 Å². The first-order chi connectivity index (χ1) is 8.13. The minimum absolute atomic E-state index is 0.414. The molecule has 0 atom stereocenters. The van der Waals surface area contributed by atoms with Gasteiger partial charge in [-0.2, -0.15) is 0 Å². The van der Waals surface area contributed by atoms with Gasteiger partial charge in [-0.3, -0.25) is 4.79 Å². The van der Waals surface area contributed by atoms with Crippen molar-refractivity contribution in [3.05, 3.63) is 34.9 Å². The Labute approximate surface area is 105 Å². The largest absolute Gasteiger partial charge is 0.300 e. The highest BCUT2D eigenvalue weighted by atomic mass is 16.1. The summed E-state index contributed by atoms with van der Waals surface area (Å²) < 4.78 is 0. The summed E-state index contributed by atoms with van der Waals surface area (Å²) in [5.41, 5.74) is 3.93. The number of carbonyl (C=O) groups excluding carboxylic acids is 1. The maximum Gasteiger partial charge on any atom is 0.133 e. The fraction of sp³-hybridized carbons (Fsp3) is 0.562. The molecule has 1 aromatic carbocycles. The van der Waals surface area contributed by atoms with Gasteiger partial charge in [0.2, 0.25) is 0 Å². The van der Waals surface area contributed by atoms with Gasteiger partial charge in [-0.25, -0.2) is 0 Å². The summed E-state index contributed by atoms with van der Waals surface area (Å²) in [6.07, 6.45) is 5.78. The maximum atomic E-state index is 11.6. The minimum Gasteiger partial charge on any atom is -0.300 e. The van der Waals surface area contributed by atoms with Gasteiger partial charge in [0.1, 0.15) is 5.78 Å². The molecule has 1 nitrogen and oxygen atoms in total. The van der Waals surface area contributed by atoms with Gasteiger partial charge >= 0.3 is 0 Å². The second-order valence-corrected chi connectivity index (χ2v) is 4.91. The quantitative estimate of drug-likeness (QED) is 0.637. The van der Waals surface area contributed by atoms with Crippen LogP contribution in [0.25, 0.3) is 0 Å². The Morgan fingerprint density at radius 3 is 2.47 bits per heavy atom. The van der Waals surface area contributed by atoms with Gasteiger partial charge in [0.15, 0.2) is 0 Å². The first kappa shape index (κ1) is 14.0. The van der Waals surface area contributed by atoms with Crippen molar-refractivity contribution in [2.45, 2.75) is 59.3 Å². The van der Waals surface area contributed by atoms with E-state index in [9.17, 15) is 4.79 Å². The molecule has 0 spiro atoms. The molecule has 0 radical (unpaired) electrons. The van der Waals surface area contributed by atoms with Crippen molar-refractivity contribution >= 4 is 5.78 Å². The van der Waals surface area contributed by atoms with E-state index in [2.05, 4.69) is 39.0 Å². The zero-order valence-electron chi connectivity index (χ0n) is 11.4. The fourth-order valence-corrected chi connectivity index (χ4v) is 1.94. The van der Waals surface area contributed by atoms with Gasteiger partial charge in [0, 0.05) is 12.8 Å². The molecule has 1 heteroatoms. The second kappa shape index (κ2) is 7.26. The lowest BCUT2D eigenvalue weighted by Gasteiger charge is -2.05. The van der Waals surface area contributed by atoms with E-state index in [0.717, 1.165) is 19.3 Å². The molecule has 0 fully saturated rings. The summed E-state index contributed by atoms with van der Waals surface area (Å²) in [5, 5.41) is 0. The average Bonchev–Trinajstić information content (AvgIpc) is 2.31. The molecule has 1 rings (SSSR count). The van der Waals surface area contributed by atoms with E-state index in [1.54, 1.807) is 0 Å². The molecule has 94 valence electrons. The molecule has 0 bridgehead atoms. The summed E-state index contributed by atoms with van der Waals surface area (Å²) in [7, 11) is 0. The van der Waals surface area contributed by atoms with Gasteiger partial charge in [-0.1, -0.05) is 38.0 Å². The van der Waals surface area contributed by atoms with Crippen molar-refractivity contribution in [3.63, 3.8) is 0 Å². The van der Waals surface area contributed by atoms with Crippen molar-refractivity contribution in [3.8, 4) is 0 Å². The fourth-order valence-electron chi connectivity index (χ4n) is 1.94. The van der Waals surface area contributed by atoms with Crippen LogP contribution in [0.1, 0.15) is 55.7 Å². The molecule has 0 aliphatic rings. The van der Waals surface area contributed by atoms with Gasteiger partial charge < -0.3 is 0 Å².